The molecule has 2 aromatic rings. The maximum absolute atomic E-state index is 12.3. The van der Waals surface area contributed by atoms with Gasteiger partial charge in [-0.3, -0.25) is 10.2 Å². The maximum atomic E-state index is 12.3. The van der Waals surface area contributed by atoms with Crippen molar-refractivity contribution in [1.82, 2.24) is 19.9 Å². The lowest BCUT2D eigenvalue weighted by atomic mass is 9.98. The number of rotatable bonds is 6. The molecule has 10 heteroatoms. The molecule has 1 aliphatic heterocycles. The van der Waals surface area contributed by atoms with E-state index in [0.717, 1.165) is 12.5 Å². The minimum atomic E-state index is -2.83. The summed E-state index contributed by atoms with van der Waals surface area (Å²) >= 11 is 0. The maximum Gasteiger partial charge on any atom is 0.308 e. The van der Waals surface area contributed by atoms with Crippen LogP contribution in [0.1, 0.15) is 18.7 Å². The number of aliphatic carboxylic acids is 1. The molecule has 3 rings (SSSR count). The number of H-pyrrole nitrogens is 1. The molecule has 8 nitrogen and oxygen atoms in total. The molecule has 1 fully saturated rings. The molecule has 0 radical (unpaired) electrons. The van der Waals surface area contributed by atoms with E-state index in [9.17, 15) is 18.7 Å². The molecule has 0 saturated carbocycles. The first-order valence-corrected chi connectivity index (χ1v) is 8.34. The molecule has 0 aromatic carbocycles. The van der Waals surface area contributed by atoms with Crippen molar-refractivity contribution in [2.75, 3.05) is 18.0 Å². The molecule has 0 spiro atoms. The fraction of sp³-hybridized carbons (Fsp3) is 0.353. The van der Waals surface area contributed by atoms with Crippen LogP contribution in [0.4, 0.5) is 14.6 Å². The lowest BCUT2D eigenvalue weighted by Crippen LogP contribution is -2.39. The van der Waals surface area contributed by atoms with Gasteiger partial charge in [0.2, 0.25) is 0 Å². The number of anilines is 1. The van der Waals surface area contributed by atoms with Crippen LogP contribution in [-0.4, -0.2) is 56.2 Å². The minimum absolute atomic E-state index is 0.319. The van der Waals surface area contributed by atoms with Crippen LogP contribution in [0, 0.1) is 11.3 Å². The average Bonchev–Trinajstić information content (AvgIpc) is 3.15. The summed E-state index contributed by atoms with van der Waals surface area (Å²) in [5.74, 6) is -0.295. The third-order valence-electron chi connectivity index (χ3n) is 4.27. The van der Waals surface area contributed by atoms with Gasteiger partial charge in [0.25, 0.3) is 6.43 Å². The lowest BCUT2D eigenvalue weighted by molar-refractivity contribution is -0.141. The molecule has 0 bridgehead atoms. The Balaban J connectivity index is 1.76. The Morgan fingerprint density at radius 1 is 1.41 bits per heavy atom. The quantitative estimate of drug-likeness (QED) is 0.667. The second-order valence-electron chi connectivity index (χ2n) is 6.16. The van der Waals surface area contributed by atoms with Gasteiger partial charge >= 0.3 is 5.97 Å². The smallest absolute Gasteiger partial charge is 0.308 e. The minimum Gasteiger partial charge on any atom is -0.481 e. The van der Waals surface area contributed by atoms with Crippen molar-refractivity contribution < 1.29 is 18.7 Å². The molecule has 3 heterocycles. The van der Waals surface area contributed by atoms with E-state index in [0.29, 0.717) is 42.5 Å². The molecule has 27 heavy (non-hydrogen) atoms. The predicted molar refractivity (Wildman–Crippen MR) is 95.0 cm³/mol. The van der Waals surface area contributed by atoms with Gasteiger partial charge in [0.15, 0.2) is 0 Å². The van der Waals surface area contributed by atoms with Crippen molar-refractivity contribution in [3.8, 4) is 11.4 Å². The Morgan fingerprint density at radius 2 is 2.22 bits per heavy atom. The van der Waals surface area contributed by atoms with Crippen LogP contribution in [0.5, 0.6) is 0 Å². The topological polar surface area (TPSA) is 119 Å². The summed E-state index contributed by atoms with van der Waals surface area (Å²) in [6.07, 6.45) is 3.75. The van der Waals surface area contributed by atoms with E-state index in [1.807, 2.05) is 4.90 Å². The molecule has 1 saturated heterocycles. The Kier molecular flexibility index (Phi) is 5.53. The van der Waals surface area contributed by atoms with E-state index in [-0.39, 0.29) is 0 Å². The van der Waals surface area contributed by atoms with E-state index < -0.39 is 24.0 Å². The Morgan fingerprint density at radius 3 is 2.96 bits per heavy atom. The van der Waals surface area contributed by atoms with Crippen molar-refractivity contribution in [2.24, 2.45) is 5.92 Å². The highest BCUT2D eigenvalue weighted by molar-refractivity contribution is 5.97. The molecular formula is C17H18F2N6O2. The van der Waals surface area contributed by atoms with Crippen LogP contribution < -0.4 is 4.90 Å². The van der Waals surface area contributed by atoms with Crippen molar-refractivity contribution in [1.29, 1.82) is 5.41 Å². The molecular weight excluding hydrogens is 358 g/mol. The number of nitrogens with zero attached hydrogens (tertiary/aromatic N) is 4. The van der Waals surface area contributed by atoms with E-state index in [1.165, 1.54) is 18.6 Å². The molecule has 3 N–H and O–H groups in total. The summed E-state index contributed by atoms with van der Waals surface area (Å²) < 4.78 is 24.7. The zero-order valence-corrected chi connectivity index (χ0v) is 14.3. The van der Waals surface area contributed by atoms with Crippen molar-refractivity contribution in [3.63, 3.8) is 0 Å². The van der Waals surface area contributed by atoms with Gasteiger partial charge in [-0.25, -0.2) is 23.7 Å². The number of allylic oxidation sites excluding steroid dienone is 1. The highest BCUT2D eigenvalue weighted by atomic mass is 19.3. The van der Waals surface area contributed by atoms with Crippen molar-refractivity contribution >= 4 is 23.6 Å². The average molecular weight is 376 g/mol. The van der Waals surface area contributed by atoms with Gasteiger partial charge in [0, 0.05) is 19.2 Å². The summed E-state index contributed by atoms with van der Waals surface area (Å²) in [6.45, 7) is 1.10. The molecule has 0 aliphatic carbocycles. The number of hydrogen-bond donors (Lipinski definition) is 3. The number of imidazole rings is 1. The van der Waals surface area contributed by atoms with E-state index >= 15 is 0 Å². The number of carboxylic acid groups (broad SMARTS) is 1. The largest absolute Gasteiger partial charge is 0.481 e. The van der Waals surface area contributed by atoms with Gasteiger partial charge in [0.1, 0.15) is 18.0 Å². The monoisotopic (exact) mass is 376 g/mol. The fourth-order valence-electron chi connectivity index (χ4n) is 2.85. The number of carbonyl (C=O) groups is 1. The third kappa shape index (κ3) is 4.52. The van der Waals surface area contributed by atoms with E-state index in [4.69, 9.17) is 5.41 Å². The Labute approximate surface area is 153 Å². The van der Waals surface area contributed by atoms with Gasteiger partial charge < -0.3 is 15.0 Å². The Bertz CT molecular complexity index is 867. The predicted octanol–water partition coefficient (Wildman–Crippen LogP) is 2.47. The number of hydrogen-bond acceptors (Lipinski definition) is 6. The van der Waals surface area contributed by atoms with Crippen LogP contribution in [0.25, 0.3) is 17.5 Å². The fourth-order valence-corrected chi connectivity index (χ4v) is 2.85. The lowest BCUT2D eigenvalue weighted by Gasteiger charge is -2.31. The van der Waals surface area contributed by atoms with Gasteiger partial charge in [0.05, 0.1) is 29.2 Å². The van der Waals surface area contributed by atoms with Crippen LogP contribution in [-0.2, 0) is 4.79 Å². The highest BCUT2D eigenvalue weighted by Gasteiger charge is 2.26. The molecule has 0 amide bonds. The summed E-state index contributed by atoms with van der Waals surface area (Å²) in [6, 6.07) is 1.73. The number of nitrogens with one attached hydrogen (secondary N) is 2. The summed E-state index contributed by atoms with van der Waals surface area (Å²) in [7, 11) is 0. The van der Waals surface area contributed by atoms with Crippen molar-refractivity contribution in [3.05, 3.63) is 30.5 Å². The Hall–Kier alpha value is -3.17. The second kappa shape index (κ2) is 8.02. The van der Waals surface area contributed by atoms with Gasteiger partial charge in [-0.2, -0.15) is 0 Å². The molecule has 1 aliphatic rings. The zero-order valence-electron chi connectivity index (χ0n) is 14.3. The number of halogens is 2. The van der Waals surface area contributed by atoms with Crippen LogP contribution in [0.3, 0.4) is 0 Å². The second-order valence-corrected chi connectivity index (χ2v) is 6.16. The number of aromatic amines is 1. The number of carboxylic acids is 1. The first-order chi connectivity index (χ1) is 12.9. The number of alkyl halides is 2. The van der Waals surface area contributed by atoms with Gasteiger partial charge in [-0.15, -0.1) is 0 Å². The molecule has 0 unspecified atom stereocenters. The van der Waals surface area contributed by atoms with Gasteiger partial charge in [-0.1, -0.05) is 0 Å². The summed E-state index contributed by atoms with van der Waals surface area (Å²) in [5.41, 5.74) is 0.317. The van der Waals surface area contributed by atoms with E-state index in [2.05, 4.69) is 19.9 Å². The molecule has 142 valence electrons. The third-order valence-corrected chi connectivity index (χ3v) is 4.27. The number of piperidine rings is 1. The van der Waals surface area contributed by atoms with Crippen molar-refractivity contribution in [2.45, 2.75) is 19.3 Å². The number of aromatic nitrogens is 4. The SMILES string of the molecule is N=C(/C=C\c1ncc(-c2cc(N3CCC[C@@H](C(=O)O)C3)ncn2)[nH]1)C(F)F. The molecule has 1 atom stereocenters. The van der Waals surface area contributed by atoms with Crippen LogP contribution in [0.2, 0.25) is 0 Å². The summed E-state index contributed by atoms with van der Waals surface area (Å²) in [5, 5.41) is 16.3. The highest BCUT2D eigenvalue weighted by Crippen LogP contribution is 2.24. The first-order valence-electron chi connectivity index (χ1n) is 8.34. The molecule has 2 aromatic heterocycles. The normalized spacial score (nSPS) is 17.6. The summed E-state index contributed by atoms with van der Waals surface area (Å²) in [4.78, 5) is 28.6. The van der Waals surface area contributed by atoms with Gasteiger partial charge in [-0.05, 0) is 25.0 Å². The zero-order chi connectivity index (χ0) is 19.4. The van der Waals surface area contributed by atoms with E-state index in [1.54, 1.807) is 6.07 Å². The van der Waals surface area contributed by atoms with Crippen LogP contribution >= 0.6 is 0 Å². The van der Waals surface area contributed by atoms with Crippen LogP contribution in [0.15, 0.2) is 24.7 Å². The standard InChI is InChI=1S/C17H18F2N6O2/c18-16(19)11(20)3-4-14-21-7-13(24-14)12-6-15(23-9-22-12)25-5-1-2-10(8-25)17(26)27/h3-4,6-7,9-10,16,20H,1-2,5,8H2,(H,21,24)(H,26,27)/b4-3-,20-11?/t10-/m1/s1. The first kappa shape index (κ1) is 18.6.